The van der Waals surface area contributed by atoms with Gasteiger partial charge in [0.25, 0.3) is 0 Å². The lowest BCUT2D eigenvalue weighted by molar-refractivity contribution is -0.132. The van der Waals surface area contributed by atoms with Crippen molar-refractivity contribution in [1.29, 1.82) is 0 Å². The molecule has 1 heterocycles. The van der Waals surface area contributed by atoms with Crippen molar-refractivity contribution in [2.75, 3.05) is 13.1 Å². The molecule has 0 N–H and O–H groups in total. The van der Waals surface area contributed by atoms with Crippen LogP contribution in [0.5, 0.6) is 0 Å². The second-order valence-electron chi connectivity index (χ2n) is 7.16. The Morgan fingerprint density at radius 2 is 1.43 bits per heavy atom. The van der Waals surface area contributed by atoms with Crippen LogP contribution in [0.1, 0.15) is 41.6 Å². The molecule has 0 aliphatic carbocycles. The summed E-state index contributed by atoms with van der Waals surface area (Å²) in [6.07, 6.45) is 1.24. The summed E-state index contributed by atoms with van der Waals surface area (Å²) in [6, 6.07) is 18.1. The number of rotatable bonds is 7. The van der Waals surface area contributed by atoms with Gasteiger partial charge >= 0.3 is 0 Å². The first-order valence-corrected chi connectivity index (χ1v) is 11.3. The summed E-state index contributed by atoms with van der Waals surface area (Å²) in [5.41, 5.74) is 1.40. The molecule has 148 valence electrons. The summed E-state index contributed by atoms with van der Waals surface area (Å²) in [7, 11) is -3.24. The fraction of sp³-hybridized carbons (Fsp3) is 0.364. The number of carbonyl (C=O) groups excluding carboxylic acids is 2. The van der Waals surface area contributed by atoms with Gasteiger partial charge < -0.3 is 4.90 Å². The van der Waals surface area contributed by atoms with E-state index in [-0.39, 0.29) is 30.3 Å². The second kappa shape index (κ2) is 9.15. The van der Waals surface area contributed by atoms with Gasteiger partial charge in [0.15, 0.2) is 15.6 Å². The highest BCUT2D eigenvalue weighted by atomic mass is 32.2. The van der Waals surface area contributed by atoms with Gasteiger partial charge in [-0.1, -0.05) is 60.7 Å². The van der Waals surface area contributed by atoms with Crippen LogP contribution in [0.25, 0.3) is 0 Å². The zero-order chi connectivity index (χ0) is 20.0. The van der Waals surface area contributed by atoms with Crippen LogP contribution in [0, 0.1) is 0 Å². The van der Waals surface area contributed by atoms with E-state index < -0.39 is 15.1 Å². The van der Waals surface area contributed by atoms with Gasteiger partial charge in [0.05, 0.1) is 11.0 Å². The van der Waals surface area contributed by atoms with Gasteiger partial charge in [-0.15, -0.1) is 0 Å². The van der Waals surface area contributed by atoms with E-state index in [4.69, 9.17) is 0 Å². The van der Waals surface area contributed by atoms with Crippen LogP contribution in [0.2, 0.25) is 0 Å². The molecule has 2 aromatic rings. The summed E-state index contributed by atoms with van der Waals surface area (Å²) in [4.78, 5) is 26.2. The van der Waals surface area contributed by atoms with Crippen LogP contribution in [-0.4, -0.2) is 43.3 Å². The van der Waals surface area contributed by atoms with Gasteiger partial charge in [-0.3, -0.25) is 9.59 Å². The molecule has 2 aromatic carbocycles. The molecule has 1 amide bonds. The number of Topliss-reactive ketones (excluding diaryl/α,β-unsaturated/α-hetero) is 1. The zero-order valence-corrected chi connectivity index (χ0v) is 16.6. The molecule has 1 saturated heterocycles. The minimum Gasteiger partial charge on any atom is -0.343 e. The van der Waals surface area contributed by atoms with Crippen molar-refractivity contribution in [3.8, 4) is 0 Å². The predicted octanol–water partition coefficient (Wildman–Crippen LogP) is 3.26. The molecule has 5 nitrogen and oxygen atoms in total. The van der Waals surface area contributed by atoms with E-state index >= 15 is 0 Å². The molecule has 28 heavy (non-hydrogen) atoms. The topological polar surface area (TPSA) is 71.5 Å². The summed E-state index contributed by atoms with van der Waals surface area (Å²) >= 11 is 0. The molecule has 0 bridgehead atoms. The normalized spacial score (nSPS) is 15.4. The third-order valence-electron chi connectivity index (χ3n) is 5.17. The SMILES string of the molecule is O=C(CCC(=O)N1CCC(S(=O)(=O)Cc2ccccc2)CC1)c1ccccc1. The molecule has 6 heteroatoms. The minimum absolute atomic E-state index is 0.0397. The molecule has 1 fully saturated rings. The molecule has 1 aliphatic rings. The third kappa shape index (κ3) is 5.29. The standard InChI is InChI=1S/C22H25NO4S/c24-21(19-9-5-2-6-10-19)11-12-22(25)23-15-13-20(14-16-23)28(26,27)17-18-7-3-1-4-8-18/h1-10,20H,11-17H2. The molecule has 3 rings (SSSR count). The van der Waals surface area contributed by atoms with Gasteiger partial charge in [0.1, 0.15) is 0 Å². The first kappa shape index (κ1) is 20.3. The maximum atomic E-state index is 12.7. The average molecular weight is 400 g/mol. The molecule has 0 aromatic heterocycles. The number of amides is 1. The number of hydrogen-bond donors (Lipinski definition) is 0. The molecule has 0 spiro atoms. The average Bonchev–Trinajstić information content (AvgIpc) is 2.73. The van der Waals surface area contributed by atoms with Crippen molar-refractivity contribution in [2.24, 2.45) is 0 Å². The highest BCUT2D eigenvalue weighted by Crippen LogP contribution is 2.22. The number of sulfone groups is 1. The highest BCUT2D eigenvalue weighted by molar-refractivity contribution is 7.91. The van der Waals surface area contributed by atoms with E-state index in [0.29, 0.717) is 31.5 Å². The second-order valence-corrected chi connectivity index (χ2v) is 9.44. The Kier molecular flexibility index (Phi) is 6.62. The van der Waals surface area contributed by atoms with Crippen LogP contribution >= 0.6 is 0 Å². The van der Waals surface area contributed by atoms with E-state index in [1.165, 1.54) is 0 Å². The molecule has 0 atom stereocenters. The number of carbonyl (C=O) groups is 2. The predicted molar refractivity (Wildman–Crippen MR) is 109 cm³/mol. The monoisotopic (exact) mass is 399 g/mol. The number of ketones is 1. The van der Waals surface area contributed by atoms with E-state index in [2.05, 4.69) is 0 Å². The van der Waals surface area contributed by atoms with Crippen LogP contribution in [0.4, 0.5) is 0 Å². The van der Waals surface area contributed by atoms with Crippen molar-refractivity contribution >= 4 is 21.5 Å². The Balaban J connectivity index is 1.48. The largest absolute Gasteiger partial charge is 0.343 e. The lowest BCUT2D eigenvalue weighted by atomic mass is 10.1. The maximum absolute atomic E-state index is 12.7. The van der Waals surface area contributed by atoms with Gasteiger partial charge in [0, 0.05) is 31.5 Å². The highest BCUT2D eigenvalue weighted by Gasteiger charge is 2.31. The Hall–Kier alpha value is -2.47. The number of hydrogen-bond acceptors (Lipinski definition) is 4. The van der Waals surface area contributed by atoms with E-state index in [9.17, 15) is 18.0 Å². The van der Waals surface area contributed by atoms with Crippen LogP contribution < -0.4 is 0 Å². The number of piperidine rings is 1. The Labute approximate surface area is 166 Å². The summed E-state index contributed by atoms with van der Waals surface area (Å²) < 4.78 is 25.3. The lowest BCUT2D eigenvalue weighted by Crippen LogP contribution is -2.42. The molecule has 0 unspecified atom stereocenters. The van der Waals surface area contributed by atoms with Crippen molar-refractivity contribution < 1.29 is 18.0 Å². The van der Waals surface area contributed by atoms with Crippen molar-refractivity contribution in [3.63, 3.8) is 0 Å². The number of nitrogens with zero attached hydrogens (tertiary/aromatic N) is 1. The summed E-state index contributed by atoms with van der Waals surface area (Å²) in [5, 5.41) is -0.414. The van der Waals surface area contributed by atoms with E-state index in [0.717, 1.165) is 5.56 Å². The molecule has 1 aliphatic heterocycles. The quantitative estimate of drug-likeness (QED) is 0.670. The molecular formula is C22H25NO4S. The van der Waals surface area contributed by atoms with Crippen LogP contribution in [0.15, 0.2) is 60.7 Å². The first-order chi connectivity index (χ1) is 13.5. The fourth-order valence-corrected chi connectivity index (χ4v) is 5.36. The van der Waals surface area contributed by atoms with Crippen molar-refractivity contribution in [2.45, 2.75) is 36.7 Å². The molecular weight excluding hydrogens is 374 g/mol. The minimum atomic E-state index is -3.24. The Bertz CT molecular complexity index is 902. The van der Waals surface area contributed by atoms with Crippen LogP contribution in [-0.2, 0) is 20.4 Å². The Morgan fingerprint density at radius 1 is 0.857 bits per heavy atom. The molecule has 0 radical (unpaired) electrons. The summed E-state index contributed by atoms with van der Waals surface area (Å²) in [6.45, 7) is 0.855. The van der Waals surface area contributed by atoms with Gasteiger partial charge in [-0.05, 0) is 18.4 Å². The maximum Gasteiger partial charge on any atom is 0.223 e. The number of benzene rings is 2. The van der Waals surface area contributed by atoms with Gasteiger partial charge in [0.2, 0.25) is 5.91 Å². The van der Waals surface area contributed by atoms with E-state index in [1.54, 1.807) is 29.2 Å². The van der Waals surface area contributed by atoms with Crippen molar-refractivity contribution in [3.05, 3.63) is 71.8 Å². The van der Waals surface area contributed by atoms with Crippen LogP contribution in [0.3, 0.4) is 0 Å². The smallest absolute Gasteiger partial charge is 0.223 e. The molecule has 0 saturated carbocycles. The zero-order valence-electron chi connectivity index (χ0n) is 15.8. The van der Waals surface area contributed by atoms with Gasteiger partial charge in [-0.25, -0.2) is 8.42 Å². The summed E-state index contributed by atoms with van der Waals surface area (Å²) in [5.74, 6) is -0.0876. The fourth-order valence-electron chi connectivity index (χ4n) is 3.54. The van der Waals surface area contributed by atoms with E-state index in [1.807, 2.05) is 36.4 Å². The number of likely N-dealkylation sites (tertiary alicyclic amines) is 1. The third-order valence-corrected chi connectivity index (χ3v) is 7.40. The Morgan fingerprint density at radius 3 is 2.04 bits per heavy atom. The van der Waals surface area contributed by atoms with Gasteiger partial charge in [-0.2, -0.15) is 0 Å². The first-order valence-electron chi connectivity index (χ1n) is 9.57. The van der Waals surface area contributed by atoms with Crippen molar-refractivity contribution in [1.82, 2.24) is 4.90 Å². The lowest BCUT2D eigenvalue weighted by Gasteiger charge is -2.31.